The molecule has 1 aliphatic carbocycles. The van der Waals surface area contributed by atoms with Crippen molar-refractivity contribution in [3.8, 4) is 0 Å². The molecule has 0 saturated heterocycles. The second kappa shape index (κ2) is 5.32. The van der Waals surface area contributed by atoms with Crippen LogP contribution in [0.3, 0.4) is 0 Å². The number of carbonyl (C=O) groups is 1. The number of rotatable bonds is 5. The summed E-state index contributed by atoms with van der Waals surface area (Å²) in [5.41, 5.74) is 8.19. The van der Waals surface area contributed by atoms with Gasteiger partial charge in [0.15, 0.2) is 0 Å². The Bertz CT molecular complexity index is 382. The Morgan fingerprint density at radius 3 is 2.65 bits per heavy atom. The third-order valence-electron chi connectivity index (χ3n) is 3.25. The summed E-state index contributed by atoms with van der Waals surface area (Å²) in [6, 6.07) is 8.18. The van der Waals surface area contributed by atoms with E-state index in [4.69, 9.17) is 5.73 Å². The Hall–Kier alpha value is -1.35. The molecule has 1 aliphatic rings. The Morgan fingerprint density at radius 1 is 1.41 bits per heavy atom. The summed E-state index contributed by atoms with van der Waals surface area (Å²) >= 11 is 0. The predicted molar refractivity (Wildman–Crippen MR) is 68.6 cm³/mol. The molecular weight excluding hydrogens is 212 g/mol. The highest BCUT2D eigenvalue weighted by Crippen LogP contribution is 2.31. The van der Waals surface area contributed by atoms with E-state index in [1.807, 2.05) is 31.2 Å². The van der Waals surface area contributed by atoms with Crippen LogP contribution in [0.1, 0.15) is 24.0 Å². The minimum atomic E-state index is 0.0601. The van der Waals surface area contributed by atoms with Crippen LogP contribution in [0.2, 0.25) is 0 Å². The van der Waals surface area contributed by atoms with Gasteiger partial charge in [-0.2, -0.15) is 0 Å². The lowest BCUT2D eigenvalue weighted by atomic mass is 10.1. The maximum atomic E-state index is 11.7. The van der Waals surface area contributed by atoms with Gasteiger partial charge >= 0.3 is 0 Å². The lowest BCUT2D eigenvalue weighted by Crippen LogP contribution is -2.39. The average molecular weight is 232 g/mol. The van der Waals surface area contributed by atoms with E-state index in [2.05, 4.69) is 5.32 Å². The minimum absolute atomic E-state index is 0.0601. The number of benzene rings is 1. The van der Waals surface area contributed by atoms with Crippen LogP contribution in [0.15, 0.2) is 24.3 Å². The molecule has 3 heteroatoms. The highest BCUT2D eigenvalue weighted by molar-refractivity contribution is 5.78. The molecule has 17 heavy (non-hydrogen) atoms. The van der Waals surface area contributed by atoms with Crippen molar-refractivity contribution in [2.24, 2.45) is 11.7 Å². The van der Waals surface area contributed by atoms with Crippen molar-refractivity contribution in [1.29, 1.82) is 0 Å². The third-order valence-corrected chi connectivity index (χ3v) is 3.25. The molecule has 0 aliphatic heterocycles. The number of aryl methyl sites for hydroxylation is 1. The van der Waals surface area contributed by atoms with Crippen LogP contribution < -0.4 is 11.1 Å². The van der Waals surface area contributed by atoms with Gasteiger partial charge in [-0.3, -0.25) is 4.79 Å². The lowest BCUT2D eigenvalue weighted by molar-refractivity contribution is -0.120. The van der Waals surface area contributed by atoms with E-state index in [0.29, 0.717) is 18.9 Å². The topological polar surface area (TPSA) is 55.1 Å². The Balaban J connectivity index is 1.74. The standard InChI is InChI=1S/C14H20N2O/c1-10-2-4-11(5-3-10)8-14(17)16-9-13(15)12-6-7-12/h2-5,12-13H,6-9,15H2,1H3,(H,16,17). The first-order chi connectivity index (χ1) is 8.15. The van der Waals surface area contributed by atoms with E-state index >= 15 is 0 Å². The van der Waals surface area contributed by atoms with Crippen molar-refractivity contribution in [2.45, 2.75) is 32.2 Å². The molecule has 1 unspecified atom stereocenters. The van der Waals surface area contributed by atoms with Gasteiger partial charge in [0, 0.05) is 12.6 Å². The number of hydrogen-bond acceptors (Lipinski definition) is 2. The number of hydrogen-bond donors (Lipinski definition) is 2. The van der Waals surface area contributed by atoms with Gasteiger partial charge in [0.2, 0.25) is 5.91 Å². The van der Waals surface area contributed by atoms with Crippen molar-refractivity contribution in [3.63, 3.8) is 0 Å². The molecule has 0 aromatic heterocycles. The fourth-order valence-electron chi connectivity index (χ4n) is 1.88. The molecule has 1 aromatic rings. The first kappa shape index (κ1) is 12.1. The molecule has 3 nitrogen and oxygen atoms in total. The van der Waals surface area contributed by atoms with Crippen LogP contribution >= 0.6 is 0 Å². The molecule has 1 saturated carbocycles. The molecule has 0 spiro atoms. The number of amides is 1. The van der Waals surface area contributed by atoms with Gasteiger partial charge in [-0.1, -0.05) is 29.8 Å². The molecule has 92 valence electrons. The molecular formula is C14H20N2O. The lowest BCUT2D eigenvalue weighted by Gasteiger charge is -2.11. The molecule has 1 aromatic carbocycles. The number of nitrogens with two attached hydrogens (primary N) is 1. The second-order valence-electron chi connectivity index (χ2n) is 4.97. The van der Waals surface area contributed by atoms with Crippen LogP contribution in [0.25, 0.3) is 0 Å². The van der Waals surface area contributed by atoms with Crippen molar-refractivity contribution in [2.75, 3.05) is 6.54 Å². The Labute approximate surface area is 102 Å². The summed E-state index contributed by atoms with van der Waals surface area (Å²) in [6.45, 7) is 2.65. The van der Waals surface area contributed by atoms with E-state index in [1.165, 1.54) is 18.4 Å². The normalized spacial score (nSPS) is 16.6. The summed E-state index contributed by atoms with van der Waals surface area (Å²) in [7, 11) is 0. The van der Waals surface area contributed by atoms with Crippen molar-refractivity contribution in [1.82, 2.24) is 5.32 Å². The van der Waals surface area contributed by atoms with Crippen LogP contribution in [-0.2, 0) is 11.2 Å². The zero-order chi connectivity index (χ0) is 12.3. The van der Waals surface area contributed by atoms with Crippen molar-refractivity contribution < 1.29 is 4.79 Å². The summed E-state index contributed by atoms with van der Waals surface area (Å²) in [6.07, 6.45) is 2.88. The van der Waals surface area contributed by atoms with Gasteiger partial charge < -0.3 is 11.1 Å². The minimum Gasteiger partial charge on any atom is -0.354 e. The van der Waals surface area contributed by atoms with Crippen molar-refractivity contribution >= 4 is 5.91 Å². The zero-order valence-electron chi connectivity index (χ0n) is 10.3. The van der Waals surface area contributed by atoms with Gasteiger partial charge in [0.1, 0.15) is 0 Å². The molecule has 1 atom stereocenters. The highest BCUT2D eigenvalue weighted by atomic mass is 16.1. The van der Waals surface area contributed by atoms with E-state index in [0.717, 1.165) is 5.56 Å². The SMILES string of the molecule is Cc1ccc(CC(=O)NCC(N)C2CC2)cc1. The van der Waals surface area contributed by atoms with Gasteiger partial charge in [-0.05, 0) is 31.2 Å². The second-order valence-corrected chi connectivity index (χ2v) is 4.97. The molecule has 0 bridgehead atoms. The van der Waals surface area contributed by atoms with Crippen LogP contribution in [-0.4, -0.2) is 18.5 Å². The largest absolute Gasteiger partial charge is 0.354 e. The van der Waals surface area contributed by atoms with Gasteiger partial charge in [0.25, 0.3) is 0 Å². The third kappa shape index (κ3) is 3.86. The summed E-state index contributed by atoms with van der Waals surface area (Å²) in [5.74, 6) is 0.694. The smallest absolute Gasteiger partial charge is 0.224 e. The number of carbonyl (C=O) groups excluding carboxylic acids is 1. The van der Waals surface area contributed by atoms with E-state index in [9.17, 15) is 4.79 Å². The molecule has 3 N–H and O–H groups in total. The maximum absolute atomic E-state index is 11.7. The molecule has 1 fully saturated rings. The van der Waals surface area contributed by atoms with E-state index < -0.39 is 0 Å². The highest BCUT2D eigenvalue weighted by Gasteiger charge is 2.28. The van der Waals surface area contributed by atoms with Crippen LogP contribution in [0.5, 0.6) is 0 Å². The van der Waals surface area contributed by atoms with Crippen LogP contribution in [0, 0.1) is 12.8 Å². The summed E-state index contributed by atoms with van der Waals surface area (Å²) in [5, 5.41) is 2.90. The summed E-state index contributed by atoms with van der Waals surface area (Å²) < 4.78 is 0. The molecule has 0 heterocycles. The number of nitrogens with one attached hydrogen (secondary N) is 1. The van der Waals surface area contributed by atoms with Gasteiger partial charge in [-0.25, -0.2) is 0 Å². The predicted octanol–water partition coefficient (Wildman–Crippen LogP) is 1.39. The van der Waals surface area contributed by atoms with E-state index in [1.54, 1.807) is 0 Å². The Morgan fingerprint density at radius 2 is 2.06 bits per heavy atom. The molecule has 0 radical (unpaired) electrons. The monoisotopic (exact) mass is 232 g/mol. The Kier molecular flexibility index (Phi) is 3.79. The zero-order valence-corrected chi connectivity index (χ0v) is 10.3. The van der Waals surface area contributed by atoms with Crippen molar-refractivity contribution in [3.05, 3.63) is 35.4 Å². The fraction of sp³-hybridized carbons (Fsp3) is 0.500. The van der Waals surface area contributed by atoms with Gasteiger partial charge in [-0.15, -0.1) is 0 Å². The van der Waals surface area contributed by atoms with Gasteiger partial charge in [0.05, 0.1) is 6.42 Å². The molecule has 1 amide bonds. The summed E-state index contributed by atoms with van der Waals surface area (Å²) in [4.78, 5) is 11.7. The van der Waals surface area contributed by atoms with E-state index in [-0.39, 0.29) is 11.9 Å². The fourth-order valence-corrected chi connectivity index (χ4v) is 1.88. The maximum Gasteiger partial charge on any atom is 0.224 e. The quantitative estimate of drug-likeness (QED) is 0.806. The first-order valence-electron chi connectivity index (χ1n) is 6.23. The first-order valence-corrected chi connectivity index (χ1v) is 6.23. The molecule has 2 rings (SSSR count). The van der Waals surface area contributed by atoms with Crippen LogP contribution in [0.4, 0.5) is 0 Å². The average Bonchev–Trinajstić information content (AvgIpc) is 3.13.